The van der Waals surface area contributed by atoms with Crippen molar-refractivity contribution in [3.63, 3.8) is 0 Å². The second-order valence-corrected chi connectivity index (χ2v) is 6.80. The number of thioether (sulfide) groups is 1. The fourth-order valence-corrected chi connectivity index (χ4v) is 4.23. The van der Waals surface area contributed by atoms with Crippen LogP contribution in [-0.4, -0.2) is 17.3 Å². The van der Waals surface area contributed by atoms with Crippen LogP contribution in [0.2, 0.25) is 0 Å². The number of para-hydroxylation sites is 1. The number of hydrogen-bond acceptors (Lipinski definition) is 3. The highest BCUT2D eigenvalue weighted by molar-refractivity contribution is 7.99. The lowest BCUT2D eigenvalue weighted by Gasteiger charge is -2.21. The lowest BCUT2D eigenvalue weighted by molar-refractivity contribution is 0.516. The highest BCUT2D eigenvalue weighted by Crippen LogP contribution is 2.32. The predicted molar refractivity (Wildman–Crippen MR) is 89.5 cm³/mol. The summed E-state index contributed by atoms with van der Waals surface area (Å²) >= 11 is 2.11. The molecular formula is C17H22N2S. The normalized spacial score (nSPS) is 16.4. The number of aromatic nitrogens is 1. The summed E-state index contributed by atoms with van der Waals surface area (Å²) in [6.07, 6.45) is 7.02. The molecule has 1 aromatic heterocycles. The fourth-order valence-electron chi connectivity index (χ4n) is 2.93. The van der Waals surface area contributed by atoms with E-state index in [2.05, 4.69) is 41.3 Å². The molecule has 106 valence electrons. The molecule has 2 aromatic rings. The minimum atomic E-state index is 0.847. The first-order chi connectivity index (χ1) is 9.86. The van der Waals surface area contributed by atoms with Crippen LogP contribution in [0, 0.1) is 0 Å². The van der Waals surface area contributed by atoms with Crippen LogP contribution in [0.5, 0.6) is 0 Å². The summed E-state index contributed by atoms with van der Waals surface area (Å²) in [5.41, 5.74) is 2.41. The fraction of sp³-hybridized carbons (Fsp3) is 0.471. The molecule has 0 amide bonds. The van der Waals surface area contributed by atoms with Crippen molar-refractivity contribution < 1.29 is 0 Å². The maximum absolute atomic E-state index is 4.73. The Kier molecular flexibility index (Phi) is 4.46. The molecule has 3 heteroatoms. The zero-order valence-electron chi connectivity index (χ0n) is 12.1. The molecule has 0 spiro atoms. The molecule has 0 bridgehead atoms. The number of benzene rings is 1. The highest BCUT2D eigenvalue weighted by Gasteiger charge is 2.15. The number of rotatable bonds is 4. The lowest BCUT2D eigenvalue weighted by Crippen LogP contribution is -2.08. The molecule has 3 rings (SSSR count). The number of fused-ring (bicyclic) bond motifs is 1. The molecule has 0 unspecified atom stereocenters. The molecule has 0 radical (unpaired) electrons. The van der Waals surface area contributed by atoms with E-state index in [1.165, 1.54) is 43.1 Å². The van der Waals surface area contributed by atoms with Crippen molar-refractivity contribution in [2.45, 2.75) is 43.1 Å². The van der Waals surface area contributed by atoms with E-state index < -0.39 is 0 Å². The Labute approximate surface area is 125 Å². The third-order valence-corrected chi connectivity index (χ3v) is 5.49. The summed E-state index contributed by atoms with van der Waals surface area (Å²) in [7, 11) is 1.96. The van der Waals surface area contributed by atoms with Crippen LogP contribution in [0.25, 0.3) is 10.9 Å². The van der Waals surface area contributed by atoms with Gasteiger partial charge in [-0.2, -0.15) is 11.8 Å². The first kappa shape index (κ1) is 13.7. The lowest BCUT2D eigenvalue weighted by atomic mass is 10.0. The van der Waals surface area contributed by atoms with Crippen molar-refractivity contribution in [2.24, 2.45) is 0 Å². The van der Waals surface area contributed by atoms with Gasteiger partial charge in [-0.25, -0.2) is 4.98 Å². The van der Waals surface area contributed by atoms with Crippen LogP contribution >= 0.6 is 11.8 Å². The maximum Gasteiger partial charge on any atom is 0.130 e. The van der Waals surface area contributed by atoms with Crippen LogP contribution in [0.3, 0.4) is 0 Å². The Bertz CT molecular complexity index is 576. The maximum atomic E-state index is 4.73. The molecule has 1 saturated carbocycles. The van der Waals surface area contributed by atoms with Gasteiger partial charge in [-0.3, -0.25) is 0 Å². The monoisotopic (exact) mass is 286 g/mol. The quantitative estimate of drug-likeness (QED) is 0.870. The van der Waals surface area contributed by atoms with Crippen molar-refractivity contribution in [1.82, 2.24) is 4.98 Å². The van der Waals surface area contributed by atoms with Crippen molar-refractivity contribution in [2.75, 3.05) is 12.4 Å². The van der Waals surface area contributed by atoms with Crippen LogP contribution in [0.4, 0.5) is 5.82 Å². The van der Waals surface area contributed by atoms with Gasteiger partial charge in [0, 0.05) is 29.0 Å². The Morgan fingerprint density at radius 1 is 1.20 bits per heavy atom. The van der Waals surface area contributed by atoms with Crippen molar-refractivity contribution in [3.05, 3.63) is 35.9 Å². The van der Waals surface area contributed by atoms with Crippen LogP contribution in [0.1, 0.15) is 37.7 Å². The van der Waals surface area contributed by atoms with E-state index in [1.807, 2.05) is 13.1 Å². The SMILES string of the molecule is CNc1nc2ccccc2cc1CSC1CCCCC1. The van der Waals surface area contributed by atoms with Gasteiger partial charge in [0.15, 0.2) is 0 Å². The molecule has 1 fully saturated rings. The predicted octanol–water partition coefficient (Wildman–Crippen LogP) is 4.84. The molecule has 1 heterocycles. The first-order valence-electron chi connectivity index (χ1n) is 7.55. The van der Waals surface area contributed by atoms with E-state index in [0.29, 0.717) is 0 Å². The average Bonchev–Trinajstić information content (AvgIpc) is 2.53. The van der Waals surface area contributed by atoms with Gasteiger partial charge < -0.3 is 5.32 Å². The second-order valence-electron chi connectivity index (χ2n) is 5.51. The van der Waals surface area contributed by atoms with E-state index in [9.17, 15) is 0 Å². The molecule has 1 aliphatic carbocycles. The van der Waals surface area contributed by atoms with Gasteiger partial charge in [0.05, 0.1) is 5.52 Å². The standard InChI is InChI=1S/C17H22N2S/c1-18-17-14(12-20-15-8-3-2-4-9-15)11-13-7-5-6-10-16(13)19-17/h5-7,10-11,15H,2-4,8-9,12H2,1H3,(H,18,19). The Balaban J connectivity index is 1.78. The van der Waals surface area contributed by atoms with Crippen molar-refractivity contribution in [3.8, 4) is 0 Å². The Hall–Kier alpha value is -1.22. The number of nitrogens with zero attached hydrogens (tertiary/aromatic N) is 1. The van der Waals surface area contributed by atoms with E-state index in [-0.39, 0.29) is 0 Å². The Morgan fingerprint density at radius 2 is 2.00 bits per heavy atom. The average molecular weight is 286 g/mol. The molecule has 2 nitrogen and oxygen atoms in total. The van der Waals surface area contributed by atoms with Gasteiger partial charge in [0.25, 0.3) is 0 Å². The zero-order chi connectivity index (χ0) is 13.8. The molecule has 1 aromatic carbocycles. The molecule has 1 aliphatic rings. The number of hydrogen-bond donors (Lipinski definition) is 1. The molecular weight excluding hydrogens is 264 g/mol. The summed E-state index contributed by atoms with van der Waals surface area (Å²) in [4.78, 5) is 4.73. The van der Waals surface area contributed by atoms with E-state index in [4.69, 9.17) is 4.98 Å². The zero-order valence-corrected chi connectivity index (χ0v) is 12.9. The van der Waals surface area contributed by atoms with Gasteiger partial charge in [0.1, 0.15) is 5.82 Å². The van der Waals surface area contributed by atoms with Gasteiger partial charge in [-0.15, -0.1) is 0 Å². The van der Waals surface area contributed by atoms with E-state index >= 15 is 0 Å². The summed E-state index contributed by atoms with van der Waals surface area (Å²) in [6, 6.07) is 10.7. The third kappa shape index (κ3) is 3.09. The molecule has 0 saturated heterocycles. The summed E-state index contributed by atoms with van der Waals surface area (Å²) in [5.74, 6) is 2.10. The van der Waals surface area contributed by atoms with Gasteiger partial charge in [0.2, 0.25) is 0 Å². The van der Waals surface area contributed by atoms with Crippen molar-refractivity contribution in [1.29, 1.82) is 0 Å². The molecule has 1 N–H and O–H groups in total. The van der Waals surface area contributed by atoms with Crippen LogP contribution in [0.15, 0.2) is 30.3 Å². The van der Waals surface area contributed by atoms with Crippen LogP contribution in [-0.2, 0) is 5.75 Å². The van der Waals surface area contributed by atoms with Crippen LogP contribution < -0.4 is 5.32 Å². The van der Waals surface area contributed by atoms with Gasteiger partial charge in [-0.1, -0.05) is 37.5 Å². The molecule has 20 heavy (non-hydrogen) atoms. The second kappa shape index (κ2) is 6.49. The summed E-state index contributed by atoms with van der Waals surface area (Å²) < 4.78 is 0. The minimum absolute atomic E-state index is 0.847. The summed E-state index contributed by atoms with van der Waals surface area (Å²) in [5, 5.41) is 5.34. The summed E-state index contributed by atoms with van der Waals surface area (Å²) in [6.45, 7) is 0. The molecule has 0 aliphatic heterocycles. The Morgan fingerprint density at radius 3 is 2.80 bits per heavy atom. The highest BCUT2D eigenvalue weighted by atomic mass is 32.2. The number of nitrogens with one attached hydrogen (secondary N) is 1. The van der Waals surface area contributed by atoms with Gasteiger partial charge >= 0.3 is 0 Å². The topological polar surface area (TPSA) is 24.9 Å². The number of anilines is 1. The minimum Gasteiger partial charge on any atom is -0.373 e. The van der Waals surface area contributed by atoms with E-state index in [1.54, 1.807) is 0 Å². The smallest absolute Gasteiger partial charge is 0.130 e. The number of pyridine rings is 1. The third-order valence-electron chi connectivity index (χ3n) is 4.07. The van der Waals surface area contributed by atoms with Gasteiger partial charge in [-0.05, 0) is 25.0 Å². The van der Waals surface area contributed by atoms with E-state index in [0.717, 1.165) is 22.3 Å². The van der Waals surface area contributed by atoms with Crippen molar-refractivity contribution >= 4 is 28.5 Å². The largest absolute Gasteiger partial charge is 0.373 e. The first-order valence-corrected chi connectivity index (χ1v) is 8.60. The molecule has 0 atom stereocenters.